The number of hydrogen-bond donors (Lipinski definition) is 1. The van der Waals surface area contributed by atoms with Gasteiger partial charge in [-0.2, -0.15) is 13.2 Å². The standard InChI is InChI=1S/C12H16F3NO3/c1-7(2)10-3-11(4-10,9(18)19)6-16(5-10)8(17)12(13,14)15/h7H,3-6H2,1-2H3,(H,18,19). The number of rotatable bonds is 2. The smallest absolute Gasteiger partial charge is 0.471 e. The lowest BCUT2D eigenvalue weighted by atomic mass is 9.46. The third-order valence-corrected chi connectivity index (χ3v) is 4.59. The molecule has 2 aliphatic heterocycles. The van der Waals surface area contributed by atoms with Gasteiger partial charge >= 0.3 is 18.1 Å². The minimum Gasteiger partial charge on any atom is -0.481 e. The van der Waals surface area contributed by atoms with Crippen LogP contribution < -0.4 is 0 Å². The second kappa shape index (κ2) is 3.86. The zero-order valence-electron chi connectivity index (χ0n) is 10.8. The summed E-state index contributed by atoms with van der Waals surface area (Å²) in [5.41, 5.74) is -1.68. The number of carboxylic acid groups (broad SMARTS) is 1. The van der Waals surface area contributed by atoms with Gasteiger partial charge in [-0.25, -0.2) is 0 Å². The van der Waals surface area contributed by atoms with Gasteiger partial charge < -0.3 is 10.0 Å². The number of amides is 1. The number of carboxylic acids is 1. The van der Waals surface area contributed by atoms with Gasteiger partial charge in [0.25, 0.3) is 0 Å². The number of fused-ring (bicyclic) bond motifs is 2. The summed E-state index contributed by atoms with van der Waals surface area (Å²) in [6.45, 7) is 3.37. The number of nitrogens with zero attached hydrogens (tertiary/aromatic N) is 1. The van der Waals surface area contributed by atoms with Crippen molar-refractivity contribution < 1.29 is 27.9 Å². The van der Waals surface area contributed by atoms with Crippen molar-refractivity contribution in [3.63, 3.8) is 0 Å². The second-order valence-electron chi connectivity index (χ2n) is 6.12. The highest BCUT2D eigenvalue weighted by molar-refractivity contribution is 5.84. The molecule has 2 heterocycles. The molecule has 0 spiro atoms. The van der Waals surface area contributed by atoms with E-state index in [1.807, 2.05) is 13.8 Å². The van der Waals surface area contributed by atoms with Crippen molar-refractivity contribution in [3.05, 3.63) is 0 Å². The molecule has 0 radical (unpaired) electrons. The summed E-state index contributed by atoms with van der Waals surface area (Å²) in [6, 6.07) is 0. The van der Waals surface area contributed by atoms with Crippen LogP contribution in [0.2, 0.25) is 0 Å². The molecule has 0 atom stereocenters. The van der Waals surface area contributed by atoms with E-state index in [2.05, 4.69) is 0 Å². The predicted molar refractivity (Wildman–Crippen MR) is 59.2 cm³/mol. The average Bonchev–Trinajstić information content (AvgIpc) is 2.24. The van der Waals surface area contributed by atoms with Gasteiger partial charge in [0.1, 0.15) is 0 Å². The van der Waals surface area contributed by atoms with E-state index in [1.165, 1.54) is 0 Å². The summed E-state index contributed by atoms with van der Waals surface area (Å²) < 4.78 is 37.5. The average molecular weight is 279 g/mol. The van der Waals surface area contributed by atoms with E-state index in [-0.39, 0.29) is 19.0 Å². The van der Waals surface area contributed by atoms with E-state index < -0.39 is 28.9 Å². The zero-order chi connectivity index (χ0) is 14.6. The van der Waals surface area contributed by atoms with Crippen LogP contribution >= 0.6 is 0 Å². The van der Waals surface area contributed by atoms with Crippen LogP contribution in [0.25, 0.3) is 0 Å². The molecule has 1 amide bonds. The third-order valence-electron chi connectivity index (χ3n) is 4.59. The van der Waals surface area contributed by atoms with Gasteiger partial charge in [-0.3, -0.25) is 9.59 Å². The summed E-state index contributed by atoms with van der Waals surface area (Å²) >= 11 is 0. The summed E-state index contributed by atoms with van der Waals surface area (Å²) in [5.74, 6) is -2.99. The van der Waals surface area contributed by atoms with Gasteiger partial charge in [-0.05, 0) is 24.2 Å². The van der Waals surface area contributed by atoms with Crippen molar-refractivity contribution in [1.82, 2.24) is 4.90 Å². The van der Waals surface area contributed by atoms with Crippen LogP contribution in [0.4, 0.5) is 13.2 Å². The minimum atomic E-state index is -4.94. The van der Waals surface area contributed by atoms with Crippen molar-refractivity contribution in [1.29, 1.82) is 0 Å². The summed E-state index contributed by atoms with van der Waals surface area (Å²) in [6.07, 6.45) is -4.23. The van der Waals surface area contributed by atoms with Gasteiger partial charge in [0.15, 0.2) is 0 Å². The van der Waals surface area contributed by atoms with Crippen LogP contribution in [0.1, 0.15) is 26.7 Å². The molecule has 0 unspecified atom stereocenters. The van der Waals surface area contributed by atoms with Gasteiger partial charge in [0.05, 0.1) is 5.41 Å². The van der Waals surface area contributed by atoms with Crippen LogP contribution in [-0.4, -0.2) is 41.1 Å². The van der Waals surface area contributed by atoms with Crippen LogP contribution in [0.3, 0.4) is 0 Å². The van der Waals surface area contributed by atoms with Crippen molar-refractivity contribution in [3.8, 4) is 0 Å². The molecular weight excluding hydrogens is 263 g/mol. The number of halogens is 3. The quantitative estimate of drug-likeness (QED) is 0.840. The third kappa shape index (κ3) is 1.99. The first-order valence-corrected chi connectivity index (χ1v) is 6.12. The molecule has 2 bridgehead atoms. The maximum absolute atomic E-state index is 12.5. The molecule has 0 aromatic heterocycles. The molecular formula is C12H16F3NO3. The first-order chi connectivity index (χ1) is 8.52. The summed E-state index contributed by atoms with van der Waals surface area (Å²) in [4.78, 5) is 23.3. The number of hydrogen-bond acceptors (Lipinski definition) is 2. The van der Waals surface area contributed by atoms with Crippen molar-refractivity contribution >= 4 is 11.9 Å². The fourth-order valence-corrected chi connectivity index (χ4v) is 3.45. The van der Waals surface area contributed by atoms with E-state index in [9.17, 15) is 27.9 Å². The first kappa shape index (κ1) is 14.1. The fraction of sp³-hybridized carbons (Fsp3) is 0.833. The number of aliphatic carboxylic acids is 1. The molecule has 3 fully saturated rings. The Labute approximate surface area is 108 Å². The van der Waals surface area contributed by atoms with Crippen molar-refractivity contribution in [2.45, 2.75) is 32.9 Å². The zero-order valence-corrected chi connectivity index (χ0v) is 10.8. The monoisotopic (exact) mass is 279 g/mol. The Morgan fingerprint density at radius 1 is 1.21 bits per heavy atom. The Morgan fingerprint density at radius 3 is 2.11 bits per heavy atom. The highest BCUT2D eigenvalue weighted by Gasteiger charge is 2.66. The Kier molecular flexibility index (Phi) is 2.88. The molecule has 3 aliphatic rings. The van der Waals surface area contributed by atoms with E-state index in [0.29, 0.717) is 17.7 Å². The van der Waals surface area contributed by atoms with Crippen molar-refractivity contribution in [2.24, 2.45) is 16.7 Å². The Hall–Kier alpha value is -1.27. The molecule has 4 nitrogen and oxygen atoms in total. The molecule has 108 valence electrons. The van der Waals surface area contributed by atoms with Gasteiger partial charge in [0, 0.05) is 13.1 Å². The van der Waals surface area contributed by atoms with Gasteiger partial charge in [-0.1, -0.05) is 13.8 Å². The molecule has 7 heteroatoms. The summed E-state index contributed by atoms with van der Waals surface area (Å²) in [5, 5.41) is 9.21. The fourth-order valence-electron chi connectivity index (χ4n) is 3.45. The van der Waals surface area contributed by atoms with E-state index >= 15 is 0 Å². The number of carbonyl (C=O) groups is 2. The lowest BCUT2D eigenvalue weighted by molar-refractivity contribution is -0.216. The molecule has 2 saturated heterocycles. The first-order valence-electron chi connectivity index (χ1n) is 6.12. The highest BCUT2D eigenvalue weighted by Crippen LogP contribution is 2.62. The van der Waals surface area contributed by atoms with Crippen LogP contribution in [0.5, 0.6) is 0 Å². The molecule has 1 saturated carbocycles. The topological polar surface area (TPSA) is 57.6 Å². The molecule has 3 rings (SSSR count). The maximum atomic E-state index is 12.5. The molecule has 0 aromatic rings. The molecule has 19 heavy (non-hydrogen) atoms. The molecule has 1 aliphatic carbocycles. The maximum Gasteiger partial charge on any atom is 0.471 e. The number of carbonyl (C=O) groups excluding carboxylic acids is 1. The van der Waals surface area contributed by atoms with Crippen molar-refractivity contribution in [2.75, 3.05) is 13.1 Å². The van der Waals surface area contributed by atoms with Gasteiger partial charge in [-0.15, -0.1) is 0 Å². The van der Waals surface area contributed by atoms with Crippen LogP contribution in [-0.2, 0) is 9.59 Å². The largest absolute Gasteiger partial charge is 0.481 e. The molecule has 1 N–H and O–H groups in total. The number of alkyl halides is 3. The Bertz CT molecular complexity index is 424. The summed E-state index contributed by atoms with van der Waals surface area (Å²) in [7, 11) is 0. The molecule has 0 aromatic carbocycles. The van der Waals surface area contributed by atoms with E-state index in [4.69, 9.17) is 0 Å². The van der Waals surface area contributed by atoms with E-state index in [0.717, 1.165) is 0 Å². The Morgan fingerprint density at radius 2 is 1.74 bits per heavy atom. The van der Waals surface area contributed by atoms with Crippen LogP contribution in [0, 0.1) is 16.7 Å². The number of piperidine rings is 2. The second-order valence-corrected chi connectivity index (χ2v) is 6.12. The Balaban J connectivity index is 2.26. The predicted octanol–water partition coefficient (Wildman–Crippen LogP) is 1.90. The van der Waals surface area contributed by atoms with Crippen LogP contribution in [0.15, 0.2) is 0 Å². The SMILES string of the molecule is CC(C)C12CN(C(=O)C(F)(F)F)CC(C(=O)O)(C1)C2. The lowest BCUT2D eigenvalue weighted by Crippen LogP contribution is -2.69. The van der Waals surface area contributed by atoms with Gasteiger partial charge in [0.2, 0.25) is 0 Å². The minimum absolute atomic E-state index is 0.00194. The normalized spacial score (nSPS) is 34.1. The highest BCUT2D eigenvalue weighted by atomic mass is 19.4. The van der Waals surface area contributed by atoms with E-state index in [1.54, 1.807) is 0 Å². The lowest BCUT2D eigenvalue weighted by Gasteiger charge is -2.63.